The minimum atomic E-state index is -1.23. The fourth-order valence-electron chi connectivity index (χ4n) is 2.89. The standard InChI is InChI=1S/C21H28N6O6/c1-12(21(32)33)25-19(30)17(8-14-9-23-11-24-14)27-20(31)16(26-18(29)15(22)10-28)7-13-5-3-2-4-6-13/h2-6,9,11-12,15-17,28H,7-8,10,22H2,1H3,(H,23,24)(H,25,30)(H,26,29)(H,27,31)(H,32,33). The van der Waals surface area contributed by atoms with E-state index in [1.54, 1.807) is 30.3 Å². The number of hydrogen-bond donors (Lipinski definition) is 7. The third kappa shape index (κ3) is 8.01. The summed E-state index contributed by atoms with van der Waals surface area (Å²) in [5, 5.41) is 25.6. The van der Waals surface area contributed by atoms with Gasteiger partial charge in [-0.1, -0.05) is 30.3 Å². The number of carboxylic acids is 1. The van der Waals surface area contributed by atoms with E-state index in [1.807, 2.05) is 0 Å². The van der Waals surface area contributed by atoms with Crippen LogP contribution in [-0.4, -0.2) is 74.6 Å². The molecule has 2 aromatic rings. The number of nitrogens with zero attached hydrogens (tertiary/aromatic N) is 1. The van der Waals surface area contributed by atoms with E-state index in [9.17, 15) is 19.2 Å². The number of nitrogens with two attached hydrogens (primary N) is 1. The van der Waals surface area contributed by atoms with Gasteiger partial charge in [0.1, 0.15) is 24.2 Å². The molecule has 178 valence electrons. The number of carbonyl (C=O) groups excluding carboxylic acids is 3. The number of aromatic nitrogens is 2. The fourth-order valence-corrected chi connectivity index (χ4v) is 2.89. The number of carbonyl (C=O) groups is 4. The molecule has 0 fully saturated rings. The number of aliphatic carboxylic acids is 1. The first-order valence-electron chi connectivity index (χ1n) is 10.2. The topological polar surface area (TPSA) is 200 Å². The van der Waals surface area contributed by atoms with Crippen molar-refractivity contribution < 1.29 is 29.4 Å². The van der Waals surface area contributed by atoms with Crippen LogP contribution in [0.1, 0.15) is 18.2 Å². The van der Waals surface area contributed by atoms with E-state index in [-0.39, 0.29) is 12.8 Å². The lowest BCUT2D eigenvalue weighted by Crippen LogP contribution is -2.58. The first kappa shape index (κ1) is 25.5. The SMILES string of the molecule is CC(NC(=O)C(Cc1cnc[nH]1)NC(=O)C(Cc1ccccc1)NC(=O)C(N)CO)C(=O)O. The highest BCUT2D eigenvalue weighted by Crippen LogP contribution is 2.06. The van der Waals surface area contributed by atoms with E-state index >= 15 is 0 Å². The number of aliphatic hydroxyl groups excluding tert-OH is 1. The molecular weight excluding hydrogens is 432 g/mol. The quantitative estimate of drug-likeness (QED) is 0.190. The summed E-state index contributed by atoms with van der Waals surface area (Å²) in [7, 11) is 0. The number of H-pyrrole nitrogens is 1. The van der Waals surface area contributed by atoms with Crippen LogP contribution in [0.4, 0.5) is 0 Å². The molecule has 0 aliphatic carbocycles. The molecule has 33 heavy (non-hydrogen) atoms. The van der Waals surface area contributed by atoms with Crippen LogP contribution in [0.5, 0.6) is 0 Å². The van der Waals surface area contributed by atoms with Crippen molar-refractivity contribution in [2.24, 2.45) is 5.73 Å². The summed E-state index contributed by atoms with van der Waals surface area (Å²) in [5.41, 5.74) is 6.83. The second-order valence-corrected chi connectivity index (χ2v) is 7.45. The van der Waals surface area contributed by atoms with Gasteiger partial charge in [-0.15, -0.1) is 0 Å². The second-order valence-electron chi connectivity index (χ2n) is 7.45. The maximum absolute atomic E-state index is 13.1. The molecule has 0 spiro atoms. The van der Waals surface area contributed by atoms with E-state index in [0.29, 0.717) is 5.69 Å². The molecule has 8 N–H and O–H groups in total. The highest BCUT2D eigenvalue weighted by Gasteiger charge is 2.30. The number of aromatic amines is 1. The number of carboxylic acid groups (broad SMARTS) is 1. The van der Waals surface area contributed by atoms with Gasteiger partial charge in [-0.25, -0.2) is 4.98 Å². The highest BCUT2D eigenvalue weighted by atomic mass is 16.4. The van der Waals surface area contributed by atoms with Crippen LogP contribution in [0.25, 0.3) is 0 Å². The number of imidazole rings is 1. The minimum Gasteiger partial charge on any atom is -0.480 e. The summed E-state index contributed by atoms with van der Waals surface area (Å²) in [6.07, 6.45) is 2.98. The zero-order valence-electron chi connectivity index (χ0n) is 18.0. The van der Waals surface area contributed by atoms with Gasteiger partial charge < -0.3 is 36.9 Å². The Kier molecular flexibility index (Phi) is 9.51. The van der Waals surface area contributed by atoms with Crippen molar-refractivity contribution in [3.05, 3.63) is 54.1 Å². The molecule has 0 aliphatic heterocycles. The van der Waals surface area contributed by atoms with Crippen LogP contribution in [0.2, 0.25) is 0 Å². The molecule has 12 nitrogen and oxygen atoms in total. The van der Waals surface area contributed by atoms with E-state index in [2.05, 4.69) is 25.9 Å². The Hall–Kier alpha value is -3.77. The largest absolute Gasteiger partial charge is 0.480 e. The molecule has 0 aliphatic rings. The molecule has 1 aromatic carbocycles. The molecule has 12 heteroatoms. The summed E-state index contributed by atoms with van der Waals surface area (Å²) in [6.45, 7) is 0.688. The first-order valence-corrected chi connectivity index (χ1v) is 10.2. The molecule has 4 unspecified atom stereocenters. The highest BCUT2D eigenvalue weighted by molar-refractivity contribution is 5.94. The summed E-state index contributed by atoms with van der Waals surface area (Å²) >= 11 is 0. The molecule has 2 rings (SSSR count). The zero-order chi connectivity index (χ0) is 24.4. The number of hydrogen-bond acceptors (Lipinski definition) is 7. The molecule has 1 heterocycles. The number of benzene rings is 1. The van der Waals surface area contributed by atoms with E-state index in [4.69, 9.17) is 15.9 Å². The molecule has 4 atom stereocenters. The van der Waals surface area contributed by atoms with Crippen LogP contribution in [-0.2, 0) is 32.0 Å². The normalized spacial score (nSPS) is 14.4. The van der Waals surface area contributed by atoms with Gasteiger partial charge in [0.05, 0.1) is 12.9 Å². The maximum Gasteiger partial charge on any atom is 0.325 e. The van der Waals surface area contributed by atoms with Crippen LogP contribution in [0.3, 0.4) is 0 Å². The Labute approximate surface area is 190 Å². The van der Waals surface area contributed by atoms with Crippen molar-refractivity contribution in [2.45, 2.75) is 43.9 Å². The smallest absolute Gasteiger partial charge is 0.325 e. The summed E-state index contributed by atoms with van der Waals surface area (Å²) in [4.78, 5) is 55.9. The first-order chi connectivity index (χ1) is 15.7. The van der Waals surface area contributed by atoms with E-state index in [1.165, 1.54) is 19.4 Å². The Morgan fingerprint density at radius 3 is 2.18 bits per heavy atom. The minimum absolute atomic E-state index is 0.00602. The molecular formula is C21H28N6O6. The number of nitrogens with one attached hydrogen (secondary N) is 4. The van der Waals surface area contributed by atoms with Gasteiger partial charge >= 0.3 is 5.97 Å². The molecule has 0 bridgehead atoms. The van der Waals surface area contributed by atoms with Crippen LogP contribution in [0, 0.1) is 0 Å². The fraction of sp³-hybridized carbons (Fsp3) is 0.381. The Bertz CT molecular complexity index is 936. The van der Waals surface area contributed by atoms with Gasteiger partial charge in [0.25, 0.3) is 0 Å². The van der Waals surface area contributed by atoms with Crippen molar-refractivity contribution >= 4 is 23.7 Å². The van der Waals surface area contributed by atoms with Crippen molar-refractivity contribution in [3.8, 4) is 0 Å². The van der Waals surface area contributed by atoms with Crippen molar-refractivity contribution in [2.75, 3.05) is 6.61 Å². The average molecular weight is 460 g/mol. The van der Waals surface area contributed by atoms with Gasteiger partial charge in [0.15, 0.2) is 0 Å². The van der Waals surface area contributed by atoms with E-state index in [0.717, 1.165) is 5.56 Å². The third-order valence-corrected chi connectivity index (χ3v) is 4.79. The zero-order valence-corrected chi connectivity index (χ0v) is 18.0. The third-order valence-electron chi connectivity index (χ3n) is 4.79. The van der Waals surface area contributed by atoms with Crippen molar-refractivity contribution in [1.29, 1.82) is 0 Å². The predicted molar refractivity (Wildman–Crippen MR) is 117 cm³/mol. The van der Waals surface area contributed by atoms with Crippen molar-refractivity contribution in [3.63, 3.8) is 0 Å². The lowest BCUT2D eigenvalue weighted by Gasteiger charge is -2.24. The van der Waals surface area contributed by atoms with Crippen LogP contribution >= 0.6 is 0 Å². The summed E-state index contributed by atoms with van der Waals surface area (Å²) in [5.74, 6) is -3.37. The predicted octanol–water partition coefficient (Wildman–Crippen LogP) is -1.93. The Balaban J connectivity index is 2.22. The van der Waals surface area contributed by atoms with Crippen LogP contribution < -0.4 is 21.7 Å². The average Bonchev–Trinajstić information content (AvgIpc) is 3.31. The van der Waals surface area contributed by atoms with Gasteiger partial charge in [-0.3, -0.25) is 19.2 Å². The summed E-state index contributed by atoms with van der Waals surface area (Å²) < 4.78 is 0. The number of amides is 3. The molecule has 0 radical (unpaired) electrons. The molecule has 1 aromatic heterocycles. The second kappa shape index (κ2) is 12.3. The lowest BCUT2D eigenvalue weighted by atomic mass is 10.0. The molecule has 3 amide bonds. The van der Waals surface area contributed by atoms with E-state index < -0.39 is 54.5 Å². The Morgan fingerprint density at radius 2 is 1.61 bits per heavy atom. The number of aliphatic hydroxyl groups is 1. The monoisotopic (exact) mass is 460 g/mol. The summed E-state index contributed by atoms with van der Waals surface area (Å²) in [6, 6.07) is 4.21. The van der Waals surface area contributed by atoms with Crippen LogP contribution in [0.15, 0.2) is 42.9 Å². The molecule has 0 saturated carbocycles. The van der Waals surface area contributed by atoms with Crippen molar-refractivity contribution in [1.82, 2.24) is 25.9 Å². The van der Waals surface area contributed by atoms with Gasteiger partial charge in [0.2, 0.25) is 17.7 Å². The number of rotatable bonds is 12. The Morgan fingerprint density at radius 1 is 1.00 bits per heavy atom. The molecule has 0 saturated heterocycles. The van der Waals surface area contributed by atoms with Gasteiger partial charge in [0, 0.05) is 24.7 Å². The lowest BCUT2D eigenvalue weighted by molar-refractivity contribution is -0.141. The van der Waals surface area contributed by atoms with Gasteiger partial charge in [-0.2, -0.15) is 0 Å². The van der Waals surface area contributed by atoms with Gasteiger partial charge in [-0.05, 0) is 12.5 Å². The maximum atomic E-state index is 13.1.